The zero-order chi connectivity index (χ0) is 13.5. The van der Waals surface area contributed by atoms with Crippen molar-refractivity contribution >= 4 is 5.91 Å². The summed E-state index contributed by atoms with van der Waals surface area (Å²) in [6, 6.07) is 8.37. The van der Waals surface area contributed by atoms with E-state index >= 15 is 0 Å². The second-order valence-corrected chi connectivity index (χ2v) is 5.02. The molecular formula is C15H24N2O. The van der Waals surface area contributed by atoms with Crippen LogP contribution in [0.15, 0.2) is 24.3 Å². The molecule has 0 saturated carbocycles. The lowest BCUT2D eigenvalue weighted by Gasteiger charge is -2.16. The first-order chi connectivity index (χ1) is 8.50. The molecule has 1 aromatic carbocycles. The van der Waals surface area contributed by atoms with Gasteiger partial charge < -0.3 is 11.1 Å². The van der Waals surface area contributed by atoms with Crippen LogP contribution in [-0.2, 0) is 4.79 Å². The fraction of sp³-hybridized carbons (Fsp3) is 0.533. The van der Waals surface area contributed by atoms with Crippen LogP contribution in [0, 0.1) is 6.92 Å². The number of carbonyl (C=O) groups excluding carboxylic acids is 1. The van der Waals surface area contributed by atoms with Crippen molar-refractivity contribution in [2.45, 2.75) is 52.1 Å². The van der Waals surface area contributed by atoms with Crippen LogP contribution in [0.2, 0.25) is 0 Å². The van der Waals surface area contributed by atoms with Crippen LogP contribution < -0.4 is 11.1 Å². The van der Waals surface area contributed by atoms with E-state index in [1.165, 1.54) is 11.1 Å². The highest BCUT2D eigenvalue weighted by Crippen LogP contribution is 2.16. The molecule has 0 heterocycles. The first kappa shape index (κ1) is 14.7. The third-order valence-electron chi connectivity index (χ3n) is 3.10. The van der Waals surface area contributed by atoms with E-state index in [0.29, 0.717) is 6.42 Å². The third-order valence-corrected chi connectivity index (χ3v) is 3.10. The number of nitrogens with two attached hydrogens (primary N) is 1. The molecule has 0 aliphatic carbocycles. The van der Waals surface area contributed by atoms with Crippen molar-refractivity contribution in [3.63, 3.8) is 0 Å². The second-order valence-electron chi connectivity index (χ2n) is 5.02. The van der Waals surface area contributed by atoms with Crippen molar-refractivity contribution in [1.29, 1.82) is 0 Å². The van der Waals surface area contributed by atoms with Crippen molar-refractivity contribution in [1.82, 2.24) is 5.32 Å². The molecule has 1 aromatic rings. The molecule has 1 unspecified atom stereocenters. The van der Waals surface area contributed by atoms with Gasteiger partial charge in [0.2, 0.25) is 5.91 Å². The Morgan fingerprint density at radius 2 is 2.00 bits per heavy atom. The number of carbonyl (C=O) groups is 1. The molecule has 0 saturated heterocycles. The summed E-state index contributed by atoms with van der Waals surface area (Å²) >= 11 is 0. The number of nitrogens with one attached hydrogen (secondary N) is 1. The Morgan fingerprint density at radius 3 is 2.61 bits per heavy atom. The molecule has 3 N–H and O–H groups in total. The van der Waals surface area contributed by atoms with E-state index in [1.807, 2.05) is 26.0 Å². The molecular weight excluding hydrogens is 224 g/mol. The lowest BCUT2D eigenvalue weighted by atomic mass is 10.0. The van der Waals surface area contributed by atoms with Crippen LogP contribution in [-0.4, -0.2) is 11.9 Å². The summed E-state index contributed by atoms with van der Waals surface area (Å²) in [6.07, 6.45) is 2.30. The molecule has 100 valence electrons. The Balaban J connectivity index is 2.42. The van der Waals surface area contributed by atoms with Crippen LogP contribution in [0.4, 0.5) is 0 Å². The average Bonchev–Trinajstić information content (AvgIpc) is 2.28. The van der Waals surface area contributed by atoms with Gasteiger partial charge in [0.1, 0.15) is 0 Å². The van der Waals surface area contributed by atoms with E-state index < -0.39 is 0 Å². The SMILES string of the molecule is Cc1ccccc1[C@H](C)NC(=O)CCCC(C)N. The second kappa shape index (κ2) is 7.17. The number of hydrogen-bond acceptors (Lipinski definition) is 2. The van der Waals surface area contributed by atoms with E-state index in [0.717, 1.165) is 12.8 Å². The molecule has 0 fully saturated rings. The van der Waals surface area contributed by atoms with Gasteiger partial charge in [0.15, 0.2) is 0 Å². The van der Waals surface area contributed by atoms with Crippen LogP contribution in [0.5, 0.6) is 0 Å². The van der Waals surface area contributed by atoms with Crippen LogP contribution in [0.1, 0.15) is 50.3 Å². The van der Waals surface area contributed by atoms with E-state index in [9.17, 15) is 4.79 Å². The summed E-state index contributed by atoms with van der Waals surface area (Å²) in [7, 11) is 0. The average molecular weight is 248 g/mol. The van der Waals surface area contributed by atoms with E-state index in [1.54, 1.807) is 0 Å². The van der Waals surface area contributed by atoms with Gasteiger partial charge in [-0.3, -0.25) is 4.79 Å². The highest BCUT2D eigenvalue weighted by atomic mass is 16.1. The molecule has 0 aromatic heterocycles. The molecule has 0 bridgehead atoms. The molecule has 0 aliphatic heterocycles. The Morgan fingerprint density at radius 1 is 1.33 bits per heavy atom. The molecule has 3 nitrogen and oxygen atoms in total. The fourth-order valence-electron chi connectivity index (χ4n) is 2.05. The summed E-state index contributed by atoms with van der Waals surface area (Å²) < 4.78 is 0. The summed E-state index contributed by atoms with van der Waals surface area (Å²) in [5.41, 5.74) is 8.05. The van der Waals surface area contributed by atoms with Gasteiger partial charge in [-0.15, -0.1) is 0 Å². The molecule has 1 rings (SSSR count). The van der Waals surface area contributed by atoms with Crippen molar-refractivity contribution in [3.8, 4) is 0 Å². The number of benzene rings is 1. The van der Waals surface area contributed by atoms with E-state index in [-0.39, 0.29) is 18.0 Å². The topological polar surface area (TPSA) is 55.1 Å². The van der Waals surface area contributed by atoms with Gasteiger partial charge in [-0.2, -0.15) is 0 Å². The van der Waals surface area contributed by atoms with Crippen molar-refractivity contribution in [2.24, 2.45) is 5.73 Å². The van der Waals surface area contributed by atoms with Gasteiger partial charge >= 0.3 is 0 Å². The van der Waals surface area contributed by atoms with Gasteiger partial charge in [-0.05, 0) is 44.7 Å². The van der Waals surface area contributed by atoms with Crippen molar-refractivity contribution in [3.05, 3.63) is 35.4 Å². The quantitative estimate of drug-likeness (QED) is 0.813. The van der Waals surface area contributed by atoms with Gasteiger partial charge in [0, 0.05) is 12.5 Å². The lowest BCUT2D eigenvalue weighted by molar-refractivity contribution is -0.121. The van der Waals surface area contributed by atoms with Gasteiger partial charge in [0.25, 0.3) is 0 Å². The molecule has 1 amide bonds. The third kappa shape index (κ3) is 4.88. The number of rotatable bonds is 6. The monoisotopic (exact) mass is 248 g/mol. The first-order valence-corrected chi connectivity index (χ1v) is 6.61. The highest BCUT2D eigenvalue weighted by Gasteiger charge is 2.11. The van der Waals surface area contributed by atoms with Gasteiger partial charge in [-0.1, -0.05) is 24.3 Å². The van der Waals surface area contributed by atoms with Crippen LogP contribution in [0.25, 0.3) is 0 Å². The molecule has 2 atom stereocenters. The molecule has 0 aliphatic rings. The molecule has 0 spiro atoms. The van der Waals surface area contributed by atoms with E-state index in [4.69, 9.17) is 5.73 Å². The smallest absolute Gasteiger partial charge is 0.220 e. The molecule has 3 heteroatoms. The van der Waals surface area contributed by atoms with Crippen LogP contribution >= 0.6 is 0 Å². The zero-order valence-electron chi connectivity index (χ0n) is 11.6. The summed E-state index contributed by atoms with van der Waals surface area (Å²) in [5.74, 6) is 0.103. The minimum absolute atomic E-state index is 0.0639. The summed E-state index contributed by atoms with van der Waals surface area (Å²) in [5, 5.41) is 3.03. The number of aryl methyl sites for hydroxylation is 1. The Bertz CT molecular complexity index is 388. The normalized spacial score (nSPS) is 14.0. The minimum Gasteiger partial charge on any atom is -0.350 e. The Hall–Kier alpha value is -1.35. The fourth-order valence-corrected chi connectivity index (χ4v) is 2.05. The minimum atomic E-state index is 0.0639. The van der Waals surface area contributed by atoms with Gasteiger partial charge in [0.05, 0.1) is 6.04 Å². The number of hydrogen-bond donors (Lipinski definition) is 2. The van der Waals surface area contributed by atoms with E-state index in [2.05, 4.69) is 24.4 Å². The lowest BCUT2D eigenvalue weighted by Crippen LogP contribution is -2.27. The Labute approximate surface area is 110 Å². The van der Waals surface area contributed by atoms with Crippen molar-refractivity contribution < 1.29 is 4.79 Å². The summed E-state index contributed by atoms with van der Waals surface area (Å²) in [4.78, 5) is 11.8. The first-order valence-electron chi connectivity index (χ1n) is 6.61. The predicted molar refractivity (Wildman–Crippen MR) is 75.2 cm³/mol. The maximum absolute atomic E-state index is 11.8. The molecule has 0 radical (unpaired) electrons. The van der Waals surface area contributed by atoms with Gasteiger partial charge in [-0.25, -0.2) is 0 Å². The highest BCUT2D eigenvalue weighted by molar-refractivity contribution is 5.76. The zero-order valence-corrected chi connectivity index (χ0v) is 11.6. The standard InChI is InChI=1S/C15H24N2O/c1-11-7-4-5-9-14(11)13(3)17-15(18)10-6-8-12(2)16/h4-5,7,9,12-13H,6,8,10,16H2,1-3H3,(H,17,18)/t12?,13-/m0/s1. The van der Waals surface area contributed by atoms with Crippen LogP contribution in [0.3, 0.4) is 0 Å². The maximum Gasteiger partial charge on any atom is 0.220 e. The van der Waals surface area contributed by atoms with Crippen molar-refractivity contribution in [2.75, 3.05) is 0 Å². The predicted octanol–water partition coefficient (Wildman–Crippen LogP) is 2.69. The Kier molecular flexibility index (Phi) is 5.86. The summed E-state index contributed by atoms with van der Waals surface area (Å²) in [6.45, 7) is 6.05. The maximum atomic E-state index is 11.8. The molecule has 18 heavy (non-hydrogen) atoms. The largest absolute Gasteiger partial charge is 0.350 e. The number of amides is 1.